The van der Waals surface area contributed by atoms with Gasteiger partial charge in [-0.05, 0) is 19.1 Å². The van der Waals surface area contributed by atoms with E-state index in [0.29, 0.717) is 11.4 Å². The largest absolute Gasteiger partial charge is 0.497 e. The molecule has 1 aromatic heterocycles. The first-order valence-electron chi connectivity index (χ1n) is 9.58. The lowest BCUT2D eigenvalue weighted by atomic mass is 10.2. The molecule has 1 fully saturated rings. The highest BCUT2D eigenvalue weighted by atomic mass is 32.2. The first kappa shape index (κ1) is 27.7. The smallest absolute Gasteiger partial charge is 0.341 e. The molecular formula is C20H20N4O8S3. The molecule has 1 saturated heterocycles. The van der Waals surface area contributed by atoms with Gasteiger partial charge in [0.2, 0.25) is 0 Å². The Kier molecular flexibility index (Phi) is 9.70. The van der Waals surface area contributed by atoms with Crippen LogP contribution in [0.1, 0.15) is 12.6 Å². The van der Waals surface area contributed by atoms with Gasteiger partial charge < -0.3 is 25.4 Å². The average Bonchev–Trinajstić information content (AvgIpc) is 3.34. The van der Waals surface area contributed by atoms with E-state index in [9.17, 15) is 19.2 Å². The lowest BCUT2D eigenvalue weighted by Gasteiger charge is -2.11. The molecule has 3 amide bonds. The number of esters is 1. The molecule has 0 bridgehead atoms. The standard InChI is InChI=1S/C20H18N4O7S3.H2O/c1-3-31-17(28)14(15-16(27)24(8-13(25)26)20(32)34-15)12-9-33-19(22-12)23-18(29)21-10-5-4-6-11(7-10)30-2;/h4-7,9H,3,8H2,1-2H3,(H,25,26)(H2,21,22,23,29);1H2. The summed E-state index contributed by atoms with van der Waals surface area (Å²) in [5, 5.41) is 15.8. The number of carboxylic acid groups (broad SMARTS) is 1. The van der Waals surface area contributed by atoms with Crippen LogP contribution in [-0.4, -0.2) is 68.9 Å². The molecule has 3 rings (SSSR count). The van der Waals surface area contributed by atoms with Crippen LogP contribution in [0, 0.1) is 0 Å². The van der Waals surface area contributed by atoms with E-state index >= 15 is 0 Å². The zero-order valence-electron chi connectivity index (χ0n) is 18.3. The maximum absolute atomic E-state index is 12.8. The second-order valence-electron chi connectivity index (χ2n) is 6.43. The SMILES string of the molecule is CCOC(=O)C(=C1SC(=S)N(CC(=O)O)C1=O)c1csc(NC(=O)Nc2cccc(OC)c2)n1.O. The van der Waals surface area contributed by atoms with Crippen molar-refractivity contribution in [2.45, 2.75) is 6.92 Å². The zero-order chi connectivity index (χ0) is 24.8. The summed E-state index contributed by atoms with van der Waals surface area (Å²) in [5.41, 5.74) is 0.406. The third-order valence-electron chi connectivity index (χ3n) is 4.16. The third kappa shape index (κ3) is 6.75. The predicted molar refractivity (Wildman–Crippen MR) is 134 cm³/mol. The molecule has 12 nitrogen and oxygen atoms in total. The average molecular weight is 541 g/mol. The van der Waals surface area contributed by atoms with E-state index in [1.807, 2.05) is 0 Å². The molecule has 15 heteroatoms. The summed E-state index contributed by atoms with van der Waals surface area (Å²) in [6.07, 6.45) is 0. The Morgan fingerprint density at radius 2 is 2.00 bits per heavy atom. The van der Waals surface area contributed by atoms with Gasteiger partial charge in [-0.15, -0.1) is 11.3 Å². The molecular weight excluding hydrogens is 520 g/mol. The quantitative estimate of drug-likeness (QED) is 0.255. The van der Waals surface area contributed by atoms with E-state index in [0.717, 1.165) is 28.0 Å². The minimum absolute atomic E-state index is 0. The van der Waals surface area contributed by atoms with Gasteiger partial charge in [0.25, 0.3) is 5.91 Å². The number of thiocarbonyl (C=S) groups is 1. The second kappa shape index (κ2) is 12.3. The molecule has 0 radical (unpaired) electrons. The first-order valence-corrected chi connectivity index (χ1v) is 11.7. The number of amides is 3. The van der Waals surface area contributed by atoms with E-state index in [2.05, 4.69) is 15.6 Å². The van der Waals surface area contributed by atoms with Crippen LogP contribution in [0.15, 0.2) is 34.6 Å². The second-order valence-corrected chi connectivity index (χ2v) is 8.93. The molecule has 1 aromatic carbocycles. The van der Waals surface area contributed by atoms with Gasteiger partial charge in [0, 0.05) is 17.1 Å². The van der Waals surface area contributed by atoms with Gasteiger partial charge >= 0.3 is 18.0 Å². The number of thiazole rings is 1. The molecule has 5 N–H and O–H groups in total. The fraction of sp³-hybridized carbons (Fsp3) is 0.200. The minimum Gasteiger partial charge on any atom is -0.497 e. The van der Waals surface area contributed by atoms with Crippen molar-refractivity contribution in [1.82, 2.24) is 9.88 Å². The Hall–Kier alpha value is -3.53. The molecule has 186 valence electrons. The number of methoxy groups -OCH3 is 1. The molecule has 2 heterocycles. The first-order chi connectivity index (χ1) is 16.2. The maximum atomic E-state index is 12.8. The molecule has 0 spiro atoms. The Bertz CT molecular complexity index is 1200. The van der Waals surface area contributed by atoms with Crippen molar-refractivity contribution >= 4 is 79.9 Å². The Morgan fingerprint density at radius 1 is 1.26 bits per heavy atom. The number of benzene rings is 1. The van der Waals surface area contributed by atoms with Gasteiger partial charge in [-0.2, -0.15) is 0 Å². The van der Waals surface area contributed by atoms with Crippen LogP contribution in [-0.2, 0) is 19.1 Å². The van der Waals surface area contributed by atoms with Crippen molar-refractivity contribution < 1.29 is 39.2 Å². The number of nitrogens with zero attached hydrogens (tertiary/aromatic N) is 2. The number of ether oxygens (including phenoxy) is 2. The highest BCUT2D eigenvalue weighted by Crippen LogP contribution is 2.38. The minimum atomic E-state index is -1.25. The van der Waals surface area contributed by atoms with Gasteiger partial charge in [0.1, 0.15) is 22.2 Å². The number of carbonyl (C=O) groups is 4. The van der Waals surface area contributed by atoms with Gasteiger partial charge in [-0.3, -0.25) is 19.8 Å². The van der Waals surface area contributed by atoms with Crippen molar-refractivity contribution in [2.24, 2.45) is 0 Å². The highest BCUT2D eigenvalue weighted by molar-refractivity contribution is 8.26. The summed E-state index contributed by atoms with van der Waals surface area (Å²) >= 11 is 6.91. The van der Waals surface area contributed by atoms with Crippen LogP contribution in [0.3, 0.4) is 0 Å². The predicted octanol–water partition coefficient (Wildman–Crippen LogP) is 2.19. The summed E-state index contributed by atoms with van der Waals surface area (Å²) in [6.45, 7) is 0.997. The number of aliphatic carboxylic acids is 1. The monoisotopic (exact) mass is 540 g/mol. The number of hydrogen-bond donors (Lipinski definition) is 3. The van der Waals surface area contributed by atoms with Crippen molar-refractivity contribution in [3.63, 3.8) is 0 Å². The topological polar surface area (TPSA) is 179 Å². The van der Waals surface area contributed by atoms with E-state index in [4.69, 9.17) is 26.8 Å². The number of thioether (sulfide) groups is 1. The Morgan fingerprint density at radius 3 is 2.66 bits per heavy atom. The molecule has 0 saturated carbocycles. The van der Waals surface area contributed by atoms with Crippen LogP contribution in [0.2, 0.25) is 0 Å². The van der Waals surface area contributed by atoms with Crippen molar-refractivity contribution in [1.29, 1.82) is 0 Å². The lowest BCUT2D eigenvalue weighted by molar-refractivity contribution is -0.140. The fourth-order valence-electron chi connectivity index (χ4n) is 2.74. The van der Waals surface area contributed by atoms with Crippen molar-refractivity contribution in [3.05, 3.63) is 40.2 Å². The Labute approximate surface area is 212 Å². The normalized spacial score (nSPS) is 14.2. The van der Waals surface area contributed by atoms with Crippen molar-refractivity contribution in [2.75, 3.05) is 30.9 Å². The number of nitrogens with one attached hydrogen (secondary N) is 2. The molecule has 0 atom stereocenters. The number of hydrogen-bond acceptors (Lipinski definition) is 10. The van der Waals surface area contributed by atoms with Crippen LogP contribution in [0.5, 0.6) is 5.75 Å². The van der Waals surface area contributed by atoms with E-state index in [1.165, 1.54) is 12.5 Å². The zero-order valence-corrected chi connectivity index (χ0v) is 20.8. The molecule has 1 aliphatic rings. The van der Waals surface area contributed by atoms with Crippen LogP contribution >= 0.6 is 35.3 Å². The van der Waals surface area contributed by atoms with Gasteiger partial charge in [-0.1, -0.05) is 30.0 Å². The molecule has 2 aromatic rings. The number of urea groups is 1. The molecule has 1 aliphatic heterocycles. The van der Waals surface area contributed by atoms with E-state index in [1.54, 1.807) is 31.2 Å². The summed E-state index contributed by atoms with van der Waals surface area (Å²) < 4.78 is 10.2. The number of anilines is 2. The van der Waals surface area contributed by atoms with Crippen LogP contribution in [0.4, 0.5) is 15.6 Å². The molecule has 35 heavy (non-hydrogen) atoms. The van der Waals surface area contributed by atoms with E-state index in [-0.39, 0.29) is 37.7 Å². The maximum Gasteiger partial charge on any atom is 0.341 e. The van der Waals surface area contributed by atoms with Gasteiger partial charge in [0.15, 0.2) is 5.13 Å². The van der Waals surface area contributed by atoms with Gasteiger partial charge in [-0.25, -0.2) is 14.6 Å². The summed E-state index contributed by atoms with van der Waals surface area (Å²) in [4.78, 5) is 53.9. The van der Waals surface area contributed by atoms with Crippen molar-refractivity contribution in [3.8, 4) is 5.75 Å². The molecule has 0 unspecified atom stereocenters. The number of carboxylic acids is 1. The number of aromatic nitrogens is 1. The summed E-state index contributed by atoms with van der Waals surface area (Å²) in [5.74, 6) is -2.25. The third-order valence-corrected chi connectivity index (χ3v) is 6.36. The van der Waals surface area contributed by atoms with Crippen LogP contribution < -0.4 is 15.4 Å². The Balaban J connectivity index is 0.00000432. The van der Waals surface area contributed by atoms with Crippen LogP contribution in [0.25, 0.3) is 5.57 Å². The lowest BCUT2D eigenvalue weighted by Crippen LogP contribution is -2.33. The number of carbonyl (C=O) groups excluding carboxylic acids is 3. The summed E-state index contributed by atoms with van der Waals surface area (Å²) in [7, 11) is 1.51. The van der Waals surface area contributed by atoms with E-state index < -0.39 is 30.4 Å². The fourth-order valence-corrected chi connectivity index (χ4v) is 4.76. The number of rotatable bonds is 8. The molecule has 0 aliphatic carbocycles. The summed E-state index contributed by atoms with van der Waals surface area (Å²) in [6, 6.07) is 6.16. The highest BCUT2D eigenvalue weighted by Gasteiger charge is 2.38. The van der Waals surface area contributed by atoms with Gasteiger partial charge in [0.05, 0.1) is 24.3 Å².